The fraction of sp³-hybridized carbons (Fsp3) is 1.00. The normalized spacial score (nSPS) is 40.8. The molecule has 2 fully saturated rings. The first-order chi connectivity index (χ1) is 4.97. The lowest BCUT2D eigenvalue weighted by Gasteiger charge is -2.14. The van der Waals surface area contributed by atoms with E-state index in [2.05, 4.69) is 10.6 Å². The molecule has 2 heteroatoms. The van der Waals surface area contributed by atoms with Crippen molar-refractivity contribution >= 4 is 0 Å². The van der Waals surface area contributed by atoms with Gasteiger partial charge in [-0.2, -0.15) is 0 Å². The maximum atomic E-state index is 3.56. The van der Waals surface area contributed by atoms with Crippen LogP contribution in [-0.4, -0.2) is 25.7 Å². The topological polar surface area (TPSA) is 24.1 Å². The molecule has 2 aliphatic heterocycles. The minimum Gasteiger partial charge on any atom is -0.316 e. The van der Waals surface area contributed by atoms with Crippen LogP contribution in [0.1, 0.15) is 19.3 Å². The summed E-state index contributed by atoms with van der Waals surface area (Å²) in [4.78, 5) is 0. The molecule has 2 aliphatic rings. The molecule has 0 spiro atoms. The molecule has 0 aromatic rings. The molecule has 0 aromatic carbocycles. The van der Waals surface area contributed by atoms with Crippen LogP contribution < -0.4 is 10.6 Å². The summed E-state index contributed by atoms with van der Waals surface area (Å²) in [7, 11) is 0. The van der Waals surface area contributed by atoms with Crippen molar-refractivity contribution < 1.29 is 0 Å². The first kappa shape index (κ1) is 6.62. The third kappa shape index (κ3) is 1.18. The van der Waals surface area contributed by atoms with Gasteiger partial charge in [0.25, 0.3) is 0 Å². The molecular weight excluding hydrogens is 124 g/mol. The highest BCUT2D eigenvalue weighted by Gasteiger charge is 2.27. The van der Waals surface area contributed by atoms with Gasteiger partial charge in [-0.1, -0.05) is 0 Å². The molecule has 2 atom stereocenters. The maximum absolute atomic E-state index is 3.56. The SMILES string of the molecule is C1CNC[C@H]2CCN[C@@H]2C1. The molecule has 0 bridgehead atoms. The van der Waals surface area contributed by atoms with Crippen LogP contribution in [0.15, 0.2) is 0 Å². The van der Waals surface area contributed by atoms with E-state index in [1.165, 1.54) is 38.9 Å². The van der Waals surface area contributed by atoms with Gasteiger partial charge in [-0.25, -0.2) is 0 Å². The van der Waals surface area contributed by atoms with Crippen LogP contribution in [0.4, 0.5) is 0 Å². The van der Waals surface area contributed by atoms with Gasteiger partial charge in [0, 0.05) is 6.04 Å². The zero-order valence-electron chi connectivity index (χ0n) is 6.40. The van der Waals surface area contributed by atoms with Crippen molar-refractivity contribution in [3.8, 4) is 0 Å². The predicted molar refractivity (Wildman–Crippen MR) is 42.0 cm³/mol. The number of nitrogens with one attached hydrogen (secondary N) is 2. The van der Waals surface area contributed by atoms with E-state index in [9.17, 15) is 0 Å². The van der Waals surface area contributed by atoms with Gasteiger partial charge in [0.05, 0.1) is 0 Å². The Bertz CT molecular complexity index is 102. The average molecular weight is 140 g/mol. The van der Waals surface area contributed by atoms with E-state index in [0.717, 1.165) is 12.0 Å². The molecule has 2 nitrogen and oxygen atoms in total. The van der Waals surface area contributed by atoms with E-state index in [0.29, 0.717) is 0 Å². The lowest BCUT2D eigenvalue weighted by Crippen LogP contribution is -2.29. The number of hydrogen-bond acceptors (Lipinski definition) is 2. The summed E-state index contributed by atoms with van der Waals surface area (Å²) in [6.07, 6.45) is 4.13. The molecular formula is C8H16N2. The van der Waals surface area contributed by atoms with Gasteiger partial charge >= 0.3 is 0 Å². The number of hydrogen-bond donors (Lipinski definition) is 2. The molecule has 2 rings (SSSR count). The number of fused-ring (bicyclic) bond motifs is 1. The minimum atomic E-state index is 0.843. The minimum absolute atomic E-state index is 0.843. The summed E-state index contributed by atoms with van der Waals surface area (Å²) < 4.78 is 0. The van der Waals surface area contributed by atoms with Crippen LogP contribution in [0.5, 0.6) is 0 Å². The molecule has 0 aliphatic carbocycles. The zero-order chi connectivity index (χ0) is 6.81. The van der Waals surface area contributed by atoms with Gasteiger partial charge in [-0.3, -0.25) is 0 Å². The van der Waals surface area contributed by atoms with Gasteiger partial charge in [0.2, 0.25) is 0 Å². The summed E-state index contributed by atoms with van der Waals surface area (Å²) in [5.74, 6) is 0.933. The molecule has 2 N–H and O–H groups in total. The van der Waals surface area contributed by atoms with Gasteiger partial charge in [0.15, 0.2) is 0 Å². The van der Waals surface area contributed by atoms with Crippen molar-refractivity contribution in [3.63, 3.8) is 0 Å². The largest absolute Gasteiger partial charge is 0.316 e. The van der Waals surface area contributed by atoms with Crippen LogP contribution in [0.2, 0.25) is 0 Å². The van der Waals surface area contributed by atoms with Gasteiger partial charge in [0.1, 0.15) is 0 Å². The van der Waals surface area contributed by atoms with Crippen molar-refractivity contribution in [1.29, 1.82) is 0 Å². The Hall–Kier alpha value is -0.0800. The summed E-state index contributed by atoms with van der Waals surface area (Å²) >= 11 is 0. The highest BCUT2D eigenvalue weighted by Crippen LogP contribution is 2.20. The monoisotopic (exact) mass is 140 g/mol. The van der Waals surface area contributed by atoms with Gasteiger partial charge < -0.3 is 10.6 Å². The third-order valence-corrected chi connectivity index (χ3v) is 2.77. The average Bonchev–Trinajstić information content (AvgIpc) is 2.28. The van der Waals surface area contributed by atoms with Gasteiger partial charge in [-0.05, 0) is 44.8 Å². The molecule has 2 heterocycles. The van der Waals surface area contributed by atoms with E-state index >= 15 is 0 Å². The van der Waals surface area contributed by atoms with Crippen LogP contribution in [0, 0.1) is 5.92 Å². The molecule has 10 heavy (non-hydrogen) atoms. The maximum Gasteiger partial charge on any atom is 0.0108 e. The van der Waals surface area contributed by atoms with E-state index in [1.54, 1.807) is 0 Å². The highest BCUT2D eigenvalue weighted by atomic mass is 15.0. The van der Waals surface area contributed by atoms with Crippen molar-refractivity contribution in [2.24, 2.45) is 5.92 Å². The standard InChI is InChI=1S/C8H16N2/c1-2-8-7(3-5-10-8)6-9-4-1/h7-10H,1-6H2/t7-,8-/m1/s1. The van der Waals surface area contributed by atoms with Crippen molar-refractivity contribution in [3.05, 3.63) is 0 Å². The smallest absolute Gasteiger partial charge is 0.0108 e. The Morgan fingerprint density at radius 3 is 3.10 bits per heavy atom. The second-order valence-electron chi connectivity index (χ2n) is 3.46. The second-order valence-corrected chi connectivity index (χ2v) is 3.46. The molecule has 0 radical (unpaired) electrons. The second kappa shape index (κ2) is 2.89. The van der Waals surface area contributed by atoms with Crippen LogP contribution >= 0.6 is 0 Å². The van der Waals surface area contributed by atoms with Crippen LogP contribution in [-0.2, 0) is 0 Å². The Morgan fingerprint density at radius 2 is 2.10 bits per heavy atom. The lowest BCUT2D eigenvalue weighted by atomic mass is 9.99. The summed E-state index contributed by atoms with van der Waals surface area (Å²) in [5, 5.41) is 7.04. The lowest BCUT2D eigenvalue weighted by molar-refractivity contribution is 0.442. The van der Waals surface area contributed by atoms with Gasteiger partial charge in [-0.15, -0.1) is 0 Å². The molecule has 0 aromatic heterocycles. The van der Waals surface area contributed by atoms with Crippen molar-refractivity contribution in [2.45, 2.75) is 25.3 Å². The van der Waals surface area contributed by atoms with Crippen LogP contribution in [0.3, 0.4) is 0 Å². The van der Waals surface area contributed by atoms with E-state index in [-0.39, 0.29) is 0 Å². The highest BCUT2D eigenvalue weighted by molar-refractivity contribution is 4.86. The summed E-state index contributed by atoms with van der Waals surface area (Å²) in [5.41, 5.74) is 0. The van der Waals surface area contributed by atoms with Crippen molar-refractivity contribution in [1.82, 2.24) is 10.6 Å². The molecule has 58 valence electrons. The Balaban J connectivity index is 1.95. The fourth-order valence-electron chi connectivity index (χ4n) is 2.14. The number of rotatable bonds is 0. The first-order valence-corrected chi connectivity index (χ1v) is 4.41. The Labute approximate surface area is 62.4 Å². The van der Waals surface area contributed by atoms with E-state index in [1.807, 2.05) is 0 Å². The molecule has 0 unspecified atom stereocenters. The fourth-order valence-corrected chi connectivity index (χ4v) is 2.14. The zero-order valence-corrected chi connectivity index (χ0v) is 6.40. The summed E-state index contributed by atoms with van der Waals surface area (Å²) in [6, 6.07) is 0.843. The Morgan fingerprint density at radius 1 is 1.10 bits per heavy atom. The van der Waals surface area contributed by atoms with Crippen LogP contribution in [0.25, 0.3) is 0 Å². The molecule has 0 saturated carbocycles. The Kier molecular flexibility index (Phi) is 1.91. The molecule has 2 saturated heterocycles. The summed E-state index contributed by atoms with van der Waals surface area (Å²) in [6.45, 7) is 3.73. The van der Waals surface area contributed by atoms with E-state index < -0.39 is 0 Å². The van der Waals surface area contributed by atoms with Crippen molar-refractivity contribution in [2.75, 3.05) is 19.6 Å². The first-order valence-electron chi connectivity index (χ1n) is 4.41. The third-order valence-electron chi connectivity index (χ3n) is 2.77. The predicted octanol–water partition coefficient (Wildman–Crippen LogP) is 0.348. The quantitative estimate of drug-likeness (QED) is 0.507. The molecule has 0 amide bonds. The van der Waals surface area contributed by atoms with E-state index in [4.69, 9.17) is 0 Å².